The van der Waals surface area contributed by atoms with Gasteiger partial charge in [0.25, 0.3) is 0 Å². The van der Waals surface area contributed by atoms with Gasteiger partial charge in [0.1, 0.15) is 6.61 Å². The Morgan fingerprint density at radius 3 is 2.27 bits per heavy atom. The molecule has 0 spiro atoms. The number of amides is 1. The Bertz CT molecular complexity index is 627. The van der Waals surface area contributed by atoms with Gasteiger partial charge >= 0.3 is 6.09 Å². The van der Waals surface area contributed by atoms with Crippen LogP contribution in [0.25, 0.3) is 0 Å². The summed E-state index contributed by atoms with van der Waals surface area (Å²) in [7, 11) is 2.77. The lowest BCUT2D eigenvalue weighted by Crippen LogP contribution is -2.16. The van der Waals surface area contributed by atoms with Crippen LogP contribution in [-0.2, 0) is 11.3 Å². The molecule has 0 bridgehead atoms. The van der Waals surface area contributed by atoms with Crippen molar-refractivity contribution < 1.29 is 19.0 Å². The molecule has 8 heteroatoms. The first-order chi connectivity index (χ1) is 10.6. The number of hydrogen-bond acceptors (Lipinski definition) is 6. The molecule has 0 radical (unpaired) electrons. The second-order valence-electron chi connectivity index (χ2n) is 4.07. The van der Waals surface area contributed by atoms with Gasteiger partial charge in [-0.3, -0.25) is 5.32 Å². The normalized spacial score (nSPS) is 9.95. The summed E-state index contributed by atoms with van der Waals surface area (Å²) >= 11 is 5.73. The van der Waals surface area contributed by atoms with Crippen LogP contribution in [0.4, 0.5) is 10.5 Å². The highest BCUT2D eigenvalue weighted by molar-refractivity contribution is 6.28. The summed E-state index contributed by atoms with van der Waals surface area (Å²) in [6, 6.07) is 9.29. The van der Waals surface area contributed by atoms with Gasteiger partial charge in [0.2, 0.25) is 17.0 Å². The molecule has 7 nitrogen and oxygen atoms in total. The molecule has 0 saturated carbocycles. The summed E-state index contributed by atoms with van der Waals surface area (Å²) in [6.45, 7) is 0.131. The molecule has 1 amide bonds. The van der Waals surface area contributed by atoms with Crippen molar-refractivity contribution in [2.75, 3.05) is 19.5 Å². The zero-order valence-electron chi connectivity index (χ0n) is 12.0. The van der Waals surface area contributed by atoms with Crippen LogP contribution in [0.5, 0.6) is 11.8 Å². The van der Waals surface area contributed by atoms with Crippen LogP contribution in [-0.4, -0.2) is 30.3 Å². The number of anilines is 1. The lowest BCUT2D eigenvalue weighted by atomic mass is 10.2. The van der Waals surface area contributed by atoms with Crippen molar-refractivity contribution in [3.8, 4) is 11.8 Å². The third-order valence-electron chi connectivity index (χ3n) is 2.64. The van der Waals surface area contributed by atoms with E-state index in [0.717, 1.165) is 5.56 Å². The number of rotatable bonds is 5. The van der Waals surface area contributed by atoms with Crippen LogP contribution in [0.15, 0.2) is 30.3 Å². The summed E-state index contributed by atoms with van der Waals surface area (Å²) in [5.41, 5.74) is 1.01. The van der Waals surface area contributed by atoms with Crippen molar-refractivity contribution in [1.29, 1.82) is 0 Å². The Labute approximate surface area is 132 Å². The summed E-state index contributed by atoms with van der Waals surface area (Å²) < 4.78 is 15.2. The summed E-state index contributed by atoms with van der Waals surface area (Å²) in [4.78, 5) is 19.6. The quantitative estimate of drug-likeness (QED) is 0.852. The predicted octanol–water partition coefficient (Wildman–Crippen LogP) is 2.90. The van der Waals surface area contributed by atoms with E-state index in [1.807, 2.05) is 30.3 Å². The van der Waals surface area contributed by atoms with Crippen molar-refractivity contribution in [2.45, 2.75) is 6.61 Å². The van der Waals surface area contributed by atoms with Gasteiger partial charge < -0.3 is 14.2 Å². The molecule has 2 aromatic rings. The molecule has 116 valence electrons. The van der Waals surface area contributed by atoms with Gasteiger partial charge in [-0.05, 0) is 17.2 Å². The van der Waals surface area contributed by atoms with E-state index < -0.39 is 6.09 Å². The van der Waals surface area contributed by atoms with Gasteiger partial charge in [0.05, 0.1) is 14.2 Å². The Morgan fingerprint density at radius 2 is 1.73 bits per heavy atom. The molecule has 1 heterocycles. The number of aromatic nitrogens is 2. The summed E-state index contributed by atoms with van der Waals surface area (Å²) in [6.07, 6.45) is -0.689. The molecular weight excluding hydrogens is 310 g/mol. The Kier molecular flexibility index (Phi) is 5.37. The number of nitrogens with zero attached hydrogens (tertiary/aromatic N) is 2. The number of halogens is 1. The van der Waals surface area contributed by atoms with Crippen LogP contribution >= 0.6 is 11.6 Å². The van der Waals surface area contributed by atoms with Crippen molar-refractivity contribution in [3.63, 3.8) is 0 Å². The molecule has 0 unspecified atom stereocenters. The predicted molar refractivity (Wildman–Crippen MR) is 80.4 cm³/mol. The molecule has 0 aliphatic heterocycles. The lowest BCUT2D eigenvalue weighted by molar-refractivity contribution is 0.155. The fraction of sp³-hybridized carbons (Fsp3) is 0.214. The van der Waals surface area contributed by atoms with Crippen molar-refractivity contribution in [3.05, 3.63) is 41.2 Å². The highest BCUT2D eigenvalue weighted by atomic mass is 35.5. The van der Waals surface area contributed by atoms with E-state index in [-0.39, 0.29) is 29.3 Å². The second-order valence-corrected chi connectivity index (χ2v) is 4.41. The molecule has 1 aromatic carbocycles. The van der Waals surface area contributed by atoms with Crippen LogP contribution in [0, 0.1) is 0 Å². The van der Waals surface area contributed by atoms with E-state index >= 15 is 0 Å². The van der Waals surface area contributed by atoms with Crippen LogP contribution in [0.3, 0.4) is 0 Å². The molecule has 1 N–H and O–H groups in total. The topological polar surface area (TPSA) is 82.6 Å². The Hall–Kier alpha value is -2.54. The largest absolute Gasteiger partial charge is 0.479 e. The lowest BCUT2D eigenvalue weighted by Gasteiger charge is -2.12. The number of carbonyl (C=O) groups excluding carboxylic acids is 1. The molecule has 0 fully saturated rings. The minimum atomic E-state index is -0.689. The SMILES string of the molecule is COc1nc(Cl)nc(OC)c1NC(=O)OCc1ccccc1. The molecule has 2 rings (SSSR count). The molecule has 0 aliphatic carbocycles. The van der Waals surface area contributed by atoms with Crippen molar-refractivity contribution in [2.24, 2.45) is 0 Å². The van der Waals surface area contributed by atoms with Gasteiger partial charge in [-0.15, -0.1) is 0 Å². The van der Waals surface area contributed by atoms with E-state index in [1.54, 1.807) is 0 Å². The summed E-state index contributed by atoms with van der Waals surface area (Å²) in [5.74, 6) is 0.155. The number of nitrogens with one attached hydrogen (secondary N) is 1. The van der Waals surface area contributed by atoms with E-state index in [1.165, 1.54) is 14.2 Å². The Balaban J connectivity index is 2.08. The molecule has 22 heavy (non-hydrogen) atoms. The first-order valence-corrected chi connectivity index (χ1v) is 6.65. The molecular formula is C14H14ClN3O4. The number of ether oxygens (including phenoxy) is 3. The monoisotopic (exact) mass is 323 g/mol. The van der Waals surface area contributed by atoms with Crippen LogP contribution < -0.4 is 14.8 Å². The summed E-state index contributed by atoms with van der Waals surface area (Å²) in [5, 5.41) is 2.43. The van der Waals surface area contributed by atoms with Gasteiger partial charge in [0, 0.05) is 0 Å². The standard InChI is InChI=1S/C14H14ClN3O4/c1-20-11-10(12(21-2)18-13(15)17-11)16-14(19)22-8-9-6-4-3-5-7-9/h3-7H,8H2,1-2H3,(H,16,19). The van der Waals surface area contributed by atoms with Gasteiger partial charge in [-0.25, -0.2) is 4.79 Å². The number of carbonyl (C=O) groups is 1. The highest BCUT2D eigenvalue weighted by Crippen LogP contribution is 2.32. The van der Waals surface area contributed by atoms with Gasteiger partial charge in [-0.1, -0.05) is 30.3 Å². The third-order valence-corrected chi connectivity index (χ3v) is 2.81. The first-order valence-electron chi connectivity index (χ1n) is 6.27. The maximum absolute atomic E-state index is 11.9. The van der Waals surface area contributed by atoms with E-state index in [0.29, 0.717) is 0 Å². The minimum Gasteiger partial charge on any atom is -0.479 e. The molecule has 0 atom stereocenters. The minimum absolute atomic E-state index is 0.0584. The molecule has 0 aliphatic rings. The maximum Gasteiger partial charge on any atom is 0.412 e. The zero-order chi connectivity index (χ0) is 15.9. The molecule has 1 aromatic heterocycles. The molecule has 0 saturated heterocycles. The fourth-order valence-electron chi connectivity index (χ4n) is 1.66. The number of benzene rings is 1. The van der Waals surface area contributed by atoms with Crippen LogP contribution in [0.2, 0.25) is 5.28 Å². The smallest absolute Gasteiger partial charge is 0.412 e. The van der Waals surface area contributed by atoms with E-state index in [2.05, 4.69) is 15.3 Å². The van der Waals surface area contributed by atoms with Crippen LogP contribution in [0.1, 0.15) is 5.56 Å². The maximum atomic E-state index is 11.9. The zero-order valence-corrected chi connectivity index (χ0v) is 12.8. The number of methoxy groups -OCH3 is 2. The number of hydrogen-bond donors (Lipinski definition) is 1. The average Bonchev–Trinajstić information content (AvgIpc) is 2.55. The fourth-order valence-corrected chi connectivity index (χ4v) is 1.81. The van der Waals surface area contributed by atoms with Gasteiger partial charge in [-0.2, -0.15) is 9.97 Å². The first kappa shape index (κ1) is 15.8. The second kappa shape index (κ2) is 7.46. The van der Waals surface area contributed by atoms with E-state index in [9.17, 15) is 4.79 Å². The van der Waals surface area contributed by atoms with Crippen molar-refractivity contribution in [1.82, 2.24) is 9.97 Å². The average molecular weight is 324 g/mol. The highest BCUT2D eigenvalue weighted by Gasteiger charge is 2.18. The van der Waals surface area contributed by atoms with Gasteiger partial charge in [0.15, 0.2) is 5.69 Å². The van der Waals surface area contributed by atoms with E-state index in [4.69, 9.17) is 25.8 Å². The Morgan fingerprint density at radius 1 is 1.14 bits per heavy atom. The van der Waals surface area contributed by atoms with Crippen molar-refractivity contribution >= 4 is 23.4 Å². The third kappa shape index (κ3) is 3.98.